The zero-order valence-corrected chi connectivity index (χ0v) is 16.2. The molecule has 0 radical (unpaired) electrons. The summed E-state index contributed by atoms with van der Waals surface area (Å²) in [5.74, 6) is 0.849. The standard InChI is InChI=1S/C19H24N4O3S/c1-14-10-23(11-15-4-2-3-5-17(15)26-14)19(24)21-18-20-16(13-27-18)12-22-6-8-25-9-7-22/h2-5,13-14H,6-12H2,1H3,(H,20,21,24). The van der Waals surface area contributed by atoms with Crippen LogP contribution in [0.3, 0.4) is 0 Å². The zero-order valence-electron chi connectivity index (χ0n) is 15.4. The van der Waals surface area contributed by atoms with Crippen LogP contribution < -0.4 is 10.1 Å². The number of urea groups is 1. The van der Waals surface area contributed by atoms with Gasteiger partial charge in [0, 0.05) is 30.6 Å². The van der Waals surface area contributed by atoms with E-state index in [0.717, 1.165) is 49.9 Å². The monoisotopic (exact) mass is 388 g/mol. The first-order valence-electron chi connectivity index (χ1n) is 9.22. The highest BCUT2D eigenvalue weighted by atomic mass is 32.1. The Morgan fingerprint density at radius 1 is 1.33 bits per heavy atom. The number of carbonyl (C=O) groups excluding carboxylic acids is 1. The van der Waals surface area contributed by atoms with Gasteiger partial charge < -0.3 is 14.4 Å². The average molecular weight is 388 g/mol. The van der Waals surface area contributed by atoms with Crippen molar-refractivity contribution >= 4 is 22.5 Å². The quantitative estimate of drug-likeness (QED) is 0.876. The van der Waals surface area contributed by atoms with E-state index in [0.29, 0.717) is 18.2 Å². The Bertz CT molecular complexity index is 791. The number of ether oxygens (including phenoxy) is 2. The van der Waals surface area contributed by atoms with Crippen molar-refractivity contribution < 1.29 is 14.3 Å². The highest BCUT2D eigenvalue weighted by Gasteiger charge is 2.24. The molecule has 7 nitrogen and oxygen atoms in total. The van der Waals surface area contributed by atoms with Gasteiger partial charge in [-0.05, 0) is 13.0 Å². The van der Waals surface area contributed by atoms with E-state index >= 15 is 0 Å². The van der Waals surface area contributed by atoms with Crippen molar-refractivity contribution in [1.29, 1.82) is 0 Å². The van der Waals surface area contributed by atoms with E-state index in [-0.39, 0.29) is 12.1 Å². The number of nitrogens with one attached hydrogen (secondary N) is 1. The predicted octanol–water partition coefficient (Wildman–Crippen LogP) is 2.79. The molecule has 8 heteroatoms. The summed E-state index contributed by atoms with van der Waals surface area (Å²) in [6, 6.07) is 7.72. The van der Waals surface area contributed by atoms with Gasteiger partial charge in [-0.1, -0.05) is 18.2 Å². The molecule has 144 valence electrons. The summed E-state index contributed by atoms with van der Waals surface area (Å²) in [4.78, 5) is 21.4. The number of anilines is 1. The SMILES string of the molecule is CC1CN(C(=O)Nc2nc(CN3CCOCC3)cs2)Cc2ccccc2O1. The van der Waals surface area contributed by atoms with E-state index < -0.39 is 0 Å². The van der Waals surface area contributed by atoms with Crippen molar-refractivity contribution in [3.8, 4) is 5.75 Å². The fourth-order valence-corrected chi connectivity index (χ4v) is 4.03. The summed E-state index contributed by atoms with van der Waals surface area (Å²) < 4.78 is 11.3. The maximum Gasteiger partial charge on any atom is 0.324 e. The minimum absolute atomic E-state index is 0.0624. The Morgan fingerprint density at radius 3 is 3.00 bits per heavy atom. The van der Waals surface area contributed by atoms with E-state index in [1.54, 1.807) is 4.90 Å². The maximum atomic E-state index is 12.8. The summed E-state index contributed by atoms with van der Waals surface area (Å²) in [5, 5.41) is 5.59. The largest absolute Gasteiger partial charge is 0.489 e. The van der Waals surface area contributed by atoms with Crippen molar-refractivity contribution in [2.45, 2.75) is 26.1 Å². The molecule has 1 aromatic carbocycles. The number of rotatable bonds is 3. The molecule has 4 rings (SSSR count). The molecule has 1 N–H and O–H groups in total. The number of morpholine rings is 1. The third kappa shape index (κ3) is 4.58. The molecule has 27 heavy (non-hydrogen) atoms. The summed E-state index contributed by atoms with van der Waals surface area (Å²) in [5.41, 5.74) is 2.00. The van der Waals surface area contributed by atoms with Crippen molar-refractivity contribution in [3.63, 3.8) is 0 Å². The Labute approximate surface area is 162 Å². The second-order valence-corrected chi connectivity index (χ2v) is 7.74. The summed E-state index contributed by atoms with van der Waals surface area (Å²) in [7, 11) is 0. The molecule has 2 amide bonds. The average Bonchev–Trinajstić information content (AvgIpc) is 3.01. The number of hydrogen-bond acceptors (Lipinski definition) is 6. The van der Waals surface area contributed by atoms with E-state index in [1.165, 1.54) is 11.3 Å². The lowest BCUT2D eigenvalue weighted by atomic mass is 10.2. The topological polar surface area (TPSA) is 66.9 Å². The van der Waals surface area contributed by atoms with E-state index in [1.807, 2.05) is 36.6 Å². The van der Waals surface area contributed by atoms with Crippen molar-refractivity contribution in [2.75, 3.05) is 38.2 Å². The van der Waals surface area contributed by atoms with Gasteiger partial charge in [0.25, 0.3) is 0 Å². The number of hydrogen-bond donors (Lipinski definition) is 1. The molecular weight excluding hydrogens is 364 g/mol. The second-order valence-electron chi connectivity index (χ2n) is 6.88. The van der Waals surface area contributed by atoms with Crippen molar-refractivity contribution in [1.82, 2.24) is 14.8 Å². The molecule has 2 aromatic rings. The minimum Gasteiger partial charge on any atom is -0.489 e. The maximum absolute atomic E-state index is 12.8. The molecular formula is C19H24N4O3S. The molecule has 0 saturated carbocycles. The van der Waals surface area contributed by atoms with Gasteiger partial charge in [0.2, 0.25) is 0 Å². The van der Waals surface area contributed by atoms with E-state index in [2.05, 4.69) is 15.2 Å². The van der Waals surface area contributed by atoms with Crippen LogP contribution in [0, 0.1) is 0 Å². The predicted molar refractivity (Wildman–Crippen MR) is 104 cm³/mol. The highest BCUT2D eigenvalue weighted by Crippen LogP contribution is 2.25. The van der Waals surface area contributed by atoms with E-state index in [4.69, 9.17) is 9.47 Å². The molecule has 2 aliphatic rings. The third-order valence-corrected chi connectivity index (χ3v) is 5.49. The van der Waals surface area contributed by atoms with Crippen LogP contribution in [0.5, 0.6) is 5.75 Å². The lowest BCUT2D eigenvalue weighted by molar-refractivity contribution is 0.0337. The zero-order chi connectivity index (χ0) is 18.6. The van der Waals surface area contributed by atoms with Gasteiger partial charge in [-0.3, -0.25) is 10.2 Å². The van der Waals surface area contributed by atoms with Gasteiger partial charge in [-0.25, -0.2) is 9.78 Å². The number of thiazole rings is 1. The molecule has 3 heterocycles. The van der Waals surface area contributed by atoms with Gasteiger partial charge in [0.1, 0.15) is 11.9 Å². The normalized spacial score (nSPS) is 20.5. The first-order chi connectivity index (χ1) is 13.2. The lowest BCUT2D eigenvalue weighted by Gasteiger charge is -2.25. The number of fused-ring (bicyclic) bond motifs is 1. The Morgan fingerprint density at radius 2 is 2.15 bits per heavy atom. The number of para-hydroxylation sites is 1. The molecule has 1 saturated heterocycles. The van der Waals surface area contributed by atoms with Gasteiger partial charge in [0.05, 0.1) is 32.0 Å². The fourth-order valence-electron chi connectivity index (χ4n) is 3.33. The number of aromatic nitrogens is 1. The summed E-state index contributed by atoms with van der Waals surface area (Å²) >= 11 is 1.46. The molecule has 0 aliphatic carbocycles. The Hall–Kier alpha value is -2.16. The minimum atomic E-state index is -0.144. The smallest absolute Gasteiger partial charge is 0.324 e. The second kappa shape index (κ2) is 8.24. The summed E-state index contributed by atoms with van der Waals surface area (Å²) in [6.07, 6.45) is -0.0624. The number of nitrogens with zero attached hydrogens (tertiary/aromatic N) is 3. The van der Waals surface area contributed by atoms with Crippen LogP contribution in [0.15, 0.2) is 29.6 Å². The number of carbonyl (C=O) groups is 1. The molecule has 0 bridgehead atoms. The number of benzene rings is 1. The molecule has 1 aromatic heterocycles. The molecule has 1 atom stereocenters. The van der Waals surface area contributed by atoms with Gasteiger partial charge in [-0.2, -0.15) is 0 Å². The van der Waals surface area contributed by atoms with Crippen molar-refractivity contribution in [3.05, 3.63) is 40.9 Å². The Balaban J connectivity index is 1.38. The fraction of sp³-hybridized carbons (Fsp3) is 0.474. The van der Waals surface area contributed by atoms with E-state index in [9.17, 15) is 4.79 Å². The summed E-state index contributed by atoms with van der Waals surface area (Å²) in [6.45, 7) is 7.21. The van der Waals surface area contributed by atoms with Crippen LogP contribution >= 0.6 is 11.3 Å². The molecule has 1 unspecified atom stereocenters. The van der Waals surface area contributed by atoms with Crippen LogP contribution in [-0.4, -0.2) is 59.8 Å². The van der Waals surface area contributed by atoms with Gasteiger partial charge in [-0.15, -0.1) is 11.3 Å². The lowest BCUT2D eigenvalue weighted by Crippen LogP contribution is -2.38. The highest BCUT2D eigenvalue weighted by molar-refractivity contribution is 7.13. The van der Waals surface area contributed by atoms with Gasteiger partial charge >= 0.3 is 6.03 Å². The van der Waals surface area contributed by atoms with Crippen LogP contribution in [-0.2, 0) is 17.8 Å². The first kappa shape index (κ1) is 18.2. The number of amides is 2. The molecule has 1 fully saturated rings. The van der Waals surface area contributed by atoms with Gasteiger partial charge in [0.15, 0.2) is 5.13 Å². The van der Waals surface area contributed by atoms with Crippen LogP contribution in [0.1, 0.15) is 18.2 Å². The van der Waals surface area contributed by atoms with Crippen molar-refractivity contribution in [2.24, 2.45) is 0 Å². The molecule has 2 aliphatic heterocycles. The third-order valence-electron chi connectivity index (χ3n) is 4.68. The van der Waals surface area contributed by atoms with Crippen LogP contribution in [0.25, 0.3) is 0 Å². The van der Waals surface area contributed by atoms with Crippen LogP contribution in [0.4, 0.5) is 9.93 Å². The first-order valence-corrected chi connectivity index (χ1v) is 10.1. The molecule has 0 spiro atoms. The van der Waals surface area contributed by atoms with Crippen LogP contribution in [0.2, 0.25) is 0 Å². The Kier molecular flexibility index (Phi) is 5.56.